The number of piperidine rings is 1. The van der Waals surface area contributed by atoms with Crippen LogP contribution in [-0.4, -0.2) is 71.6 Å². The van der Waals surface area contributed by atoms with Crippen molar-refractivity contribution in [2.45, 2.75) is 39.2 Å². The first kappa shape index (κ1) is 28.4. The molecule has 0 saturated carbocycles. The number of aromatic nitrogens is 2. The Labute approximate surface area is 238 Å². The maximum absolute atomic E-state index is 13.9. The van der Waals surface area contributed by atoms with Gasteiger partial charge in [0.05, 0.1) is 12.2 Å². The summed E-state index contributed by atoms with van der Waals surface area (Å²) in [4.78, 5) is 18.6. The fourth-order valence-electron chi connectivity index (χ4n) is 5.99. The van der Waals surface area contributed by atoms with Gasteiger partial charge in [0.15, 0.2) is 0 Å². The molecular formula is C30H36ClF2N5O2. The van der Waals surface area contributed by atoms with Crippen LogP contribution in [0.5, 0.6) is 0 Å². The molecule has 0 radical (unpaired) electrons. The number of hydrogen-bond donors (Lipinski definition) is 1. The first-order chi connectivity index (χ1) is 19.2. The summed E-state index contributed by atoms with van der Waals surface area (Å²) in [6.07, 6.45) is -0.517. The fourth-order valence-corrected chi connectivity index (χ4v) is 6.15. The Morgan fingerprint density at radius 1 is 1.05 bits per heavy atom. The highest BCUT2D eigenvalue weighted by Crippen LogP contribution is 2.38. The van der Waals surface area contributed by atoms with Gasteiger partial charge in [-0.1, -0.05) is 43.6 Å². The fraction of sp³-hybridized carbons (Fsp3) is 0.467. The summed E-state index contributed by atoms with van der Waals surface area (Å²) in [6, 6.07) is 14.0. The molecule has 7 nitrogen and oxygen atoms in total. The predicted molar refractivity (Wildman–Crippen MR) is 155 cm³/mol. The highest BCUT2D eigenvalue weighted by Gasteiger charge is 2.31. The molecule has 1 N–H and O–H groups in total. The molecule has 1 atom stereocenters. The van der Waals surface area contributed by atoms with Crippen LogP contribution in [0.3, 0.4) is 0 Å². The molecule has 5 rings (SSSR count). The highest BCUT2D eigenvalue weighted by atomic mass is 35.5. The smallest absolute Gasteiger partial charge is 0.339 e. The minimum absolute atomic E-state index is 0.380. The van der Waals surface area contributed by atoms with E-state index in [0.717, 1.165) is 68.7 Å². The van der Waals surface area contributed by atoms with Gasteiger partial charge in [0.25, 0.3) is 6.43 Å². The molecule has 0 amide bonds. The van der Waals surface area contributed by atoms with Gasteiger partial charge in [-0.25, -0.2) is 13.6 Å². The van der Waals surface area contributed by atoms with Gasteiger partial charge < -0.3 is 14.9 Å². The van der Waals surface area contributed by atoms with Crippen molar-refractivity contribution in [3.8, 4) is 11.1 Å². The summed E-state index contributed by atoms with van der Waals surface area (Å²) >= 11 is 6.43. The molecule has 10 heteroatoms. The van der Waals surface area contributed by atoms with E-state index in [-0.39, 0.29) is 6.04 Å². The third-order valence-electron chi connectivity index (χ3n) is 7.85. The number of anilines is 2. The van der Waals surface area contributed by atoms with E-state index in [0.29, 0.717) is 23.9 Å². The van der Waals surface area contributed by atoms with Gasteiger partial charge in [-0.05, 0) is 48.6 Å². The summed E-state index contributed by atoms with van der Waals surface area (Å²) in [5.41, 5.74) is 3.21. The van der Waals surface area contributed by atoms with E-state index >= 15 is 0 Å². The van der Waals surface area contributed by atoms with Gasteiger partial charge in [-0.2, -0.15) is 5.10 Å². The molecule has 2 aliphatic rings. The van der Waals surface area contributed by atoms with Crippen molar-refractivity contribution in [2.75, 3.05) is 55.6 Å². The number of aromatic carboxylic acids is 1. The number of carboxylic acid groups (broad SMARTS) is 1. The highest BCUT2D eigenvalue weighted by molar-refractivity contribution is 6.31. The van der Waals surface area contributed by atoms with Crippen LogP contribution in [-0.2, 0) is 0 Å². The van der Waals surface area contributed by atoms with E-state index in [9.17, 15) is 18.7 Å². The molecule has 2 aliphatic heterocycles. The van der Waals surface area contributed by atoms with E-state index < -0.39 is 23.7 Å². The third-order valence-corrected chi connectivity index (χ3v) is 8.09. The number of rotatable bonds is 8. The minimum atomic E-state index is -2.93. The molecule has 0 unspecified atom stereocenters. The minimum Gasteiger partial charge on any atom is -0.478 e. The normalized spacial score (nSPS) is 18.6. The van der Waals surface area contributed by atoms with Crippen molar-refractivity contribution in [3.63, 3.8) is 0 Å². The summed E-state index contributed by atoms with van der Waals surface area (Å²) in [7, 11) is 0. The average molecular weight is 572 g/mol. The quantitative estimate of drug-likeness (QED) is 0.335. The summed E-state index contributed by atoms with van der Waals surface area (Å²) in [5.74, 6) is -0.727. The number of carboxylic acids is 1. The molecule has 3 heterocycles. The standard InChI is InChI=1S/C30H36ClF2N5O2/c1-20(2)18-35-12-14-36(15-13-35)23-8-5-21(6-9-23)25-10-7-22(31)16-27(25)37-11-3-4-24(19-37)38-28(29(32)33)26(17-34-38)30(39)40/h5-10,16-17,20,24,29H,3-4,11-15,18-19H2,1-2H3,(H,39,40)/t24-/m1/s1. The van der Waals surface area contributed by atoms with Crippen LogP contribution in [0.4, 0.5) is 20.2 Å². The van der Waals surface area contributed by atoms with Gasteiger partial charge in [-0.3, -0.25) is 9.58 Å². The lowest BCUT2D eigenvalue weighted by Gasteiger charge is -2.37. The second kappa shape index (κ2) is 12.1. The molecule has 0 aliphatic carbocycles. The SMILES string of the molecule is CC(C)CN1CCN(c2ccc(-c3ccc(Cl)cc3N3CCC[C@@H](n4ncc(C(=O)O)c4C(F)F)C3)cc2)CC1. The van der Waals surface area contributed by atoms with E-state index in [4.69, 9.17) is 11.6 Å². The van der Waals surface area contributed by atoms with E-state index in [1.165, 1.54) is 10.4 Å². The molecule has 2 fully saturated rings. The third kappa shape index (κ3) is 6.10. The second-order valence-corrected chi connectivity index (χ2v) is 11.6. The first-order valence-electron chi connectivity index (χ1n) is 13.9. The first-order valence-corrected chi connectivity index (χ1v) is 14.3. The largest absolute Gasteiger partial charge is 0.478 e. The Hall–Kier alpha value is -3.17. The number of benzene rings is 2. The zero-order valence-corrected chi connectivity index (χ0v) is 23.7. The lowest BCUT2D eigenvalue weighted by Crippen LogP contribution is -2.47. The maximum Gasteiger partial charge on any atom is 0.339 e. The second-order valence-electron chi connectivity index (χ2n) is 11.1. The molecule has 3 aromatic rings. The monoisotopic (exact) mass is 571 g/mol. The molecule has 1 aromatic heterocycles. The van der Waals surface area contributed by atoms with Crippen molar-refractivity contribution in [1.29, 1.82) is 0 Å². The Kier molecular flexibility index (Phi) is 8.61. The van der Waals surface area contributed by atoms with Crippen molar-refractivity contribution in [2.24, 2.45) is 5.92 Å². The van der Waals surface area contributed by atoms with Crippen LogP contribution in [0, 0.1) is 5.92 Å². The predicted octanol–water partition coefficient (Wildman–Crippen LogP) is 6.46. The van der Waals surface area contributed by atoms with Crippen LogP contribution >= 0.6 is 11.6 Å². The van der Waals surface area contributed by atoms with Crippen LogP contribution in [0.2, 0.25) is 5.02 Å². The molecule has 40 heavy (non-hydrogen) atoms. The maximum atomic E-state index is 13.9. The Morgan fingerprint density at radius 2 is 1.77 bits per heavy atom. The van der Waals surface area contributed by atoms with Crippen LogP contribution in [0.15, 0.2) is 48.7 Å². The summed E-state index contributed by atoms with van der Waals surface area (Å²) in [5, 5.41) is 14.0. The number of carbonyl (C=O) groups is 1. The van der Waals surface area contributed by atoms with Crippen molar-refractivity contribution >= 4 is 28.9 Å². The van der Waals surface area contributed by atoms with Gasteiger partial charge in [-0.15, -0.1) is 0 Å². The lowest BCUT2D eigenvalue weighted by molar-refractivity contribution is 0.0681. The molecule has 214 valence electrons. The number of hydrogen-bond acceptors (Lipinski definition) is 5. The molecule has 2 aromatic carbocycles. The van der Waals surface area contributed by atoms with E-state index in [2.05, 4.69) is 57.9 Å². The van der Waals surface area contributed by atoms with Gasteiger partial charge >= 0.3 is 5.97 Å². The van der Waals surface area contributed by atoms with Gasteiger partial charge in [0.2, 0.25) is 0 Å². The number of halogens is 3. The van der Waals surface area contributed by atoms with Gasteiger partial charge in [0.1, 0.15) is 11.3 Å². The Bertz CT molecular complexity index is 1320. The average Bonchev–Trinajstić information content (AvgIpc) is 3.40. The van der Waals surface area contributed by atoms with Crippen molar-refractivity contribution < 1.29 is 18.7 Å². The number of nitrogens with zero attached hydrogens (tertiary/aromatic N) is 5. The summed E-state index contributed by atoms with van der Waals surface area (Å²) in [6.45, 7) is 10.9. The Balaban J connectivity index is 1.36. The lowest BCUT2D eigenvalue weighted by atomic mass is 9.99. The molecule has 0 spiro atoms. The Morgan fingerprint density at radius 3 is 2.42 bits per heavy atom. The van der Waals surface area contributed by atoms with E-state index in [1.54, 1.807) is 0 Å². The van der Waals surface area contributed by atoms with Crippen LogP contribution in [0.1, 0.15) is 55.2 Å². The topological polar surface area (TPSA) is 64.8 Å². The van der Waals surface area contributed by atoms with E-state index in [1.807, 2.05) is 18.2 Å². The van der Waals surface area contributed by atoms with Crippen molar-refractivity contribution in [1.82, 2.24) is 14.7 Å². The van der Waals surface area contributed by atoms with Crippen LogP contribution in [0.25, 0.3) is 11.1 Å². The summed E-state index contributed by atoms with van der Waals surface area (Å²) < 4.78 is 28.9. The number of alkyl halides is 2. The van der Waals surface area contributed by atoms with Gasteiger partial charge in [0, 0.05) is 67.8 Å². The zero-order valence-electron chi connectivity index (χ0n) is 22.9. The molecule has 2 saturated heterocycles. The molecule has 0 bridgehead atoms. The van der Waals surface area contributed by atoms with Crippen molar-refractivity contribution in [3.05, 3.63) is 64.9 Å². The number of piperazine rings is 1. The zero-order chi connectivity index (χ0) is 28.4. The van der Waals surface area contributed by atoms with Crippen LogP contribution < -0.4 is 9.80 Å². The molecular weight excluding hydrogens is 536 g/mol.